The van der Waals surface area contributed by atoms with Gasteiger partial charge in [-0.05, 0) is 19.1 Å². The molecular formula is C13H18N2O3. The molecule has 5 heteroatoms. The number of morpholine rings is 1. The Morgan fingerprint density at radius 1 is 1.56 bits per heavy atom. The second-order valence-electron chi connectivity index (χ2n) is 4.39. The number of hydrogen-bond donors (Lipinski definition) is 1. The smallest absolute Gasteiger partial charge is 0.256 e. The van der Waals surface area contributed by atoms with Gasteiger partial charge in [0.2, 0.25) is 0 Å². The quantitative estimate of drug-likeness (QED) is 0.799. The van der Waals surface area contributed by atoms with Crippen LogP contribution in [0.3, 0.4) is 0 Å². The zero-order valence-corrected chi connectivity index (χ0v) is 10.7. The molecule has 0 saturated carbocycles. The summed E-state index contributed by atoms with van der Waals surface area (Å²) in [6.07, 6.45) is 0.0715. The summed E-state index contributed by atoms with van der Waals surface area (Å²) in [7, 11) is 1.57. The molecule has 1 saturated heterocycles. The fourth-order valence-corrected chi connectivity index (χ4v) is 2.04. The van der Waals surface area contributed by atoms with Crippen LogP contribution in [0.5, 0.6) is 5.75 Å². The molecule has 0 aliphatic carbocycles. The number of anilines is 1. The van der Waals surface area contributed by atoms with Gasteiger partial charge in [-0.3, -0.25) is 4.79 Å². The van der Waals surface area contributed by atoms with Crippen molar-refractivity contribution in [3.8, 4) is 5.75 Å². The lowest BCUT2D eigenvalue weighted by atomic mass is 10.1. The lowest BCUT2D eigenvalue weighted by molar-refractivity contribution is -0.0123. The predicted octanol–water partition coefficient (Wildman–Crippen LogP) is 1.14. The van der Waals surface area contributed by atoms with Crippen LogP contribution < -0.4 is 10.5 Å². The molecule has 1 amide bonds. The maximum atomic E-state index is 12.3. The Bertz CT molecular complexity index is 448. The van der Waals surface area contributed by atoms with Crippen molar-refractivity contribution >= 4 is 11.6 Å². The highest BCUT2D eigenvalue weighted by Crippen LogP contribution is 2.21. The van der Waals surface area contributed by atoms with E-state index < -0.39 is 0 Å². The number of ether oxygens (including phenoxy) is 2. The van der Waals surface area contributed by atoms with Crippen molar-refractivity contribution in [2.45, 2.75) is 13.0 Å². The van der Waals surface area contributed by atoms with E-state index >= 15 is 0 Å². The highest BCUT2D eigenvalue weighted by atomic mass is 16.5. The summed E-state index contributed by atoms with van der Waals surface area (Å²) < 4.78 is 10.5. The summed E-state index contributed by atoms with van der Waals surface area (Å²) >= 11 is 0. The molecule has 1 aromatic rings. The number of nitrogens with zero attached hydrogens (tertiary/aromatic N) is 1. The maximum Gasteiger partial charge on any atom is 0.256 e. The van der Waals surface area contributed by atoms with E-state index in [4.69, 9.17) is 15.2 Å². The van der Waals surface area contributed by atoms with Crippen LogP contribution in [0.4, 0.5) is 5.69 Å². The zero-order chi connectivity index (χ0) is 13.1. The molecule has 1 aliphatic heterocycles. The number of benzene rings is 1. The number of nitrogens with two attached hydrogens (primary N) is 1. The van der Waals surface area contributed by atoms with Crippen molar-refractivity contribution < 1.29 is 14.3 Å². The van der Waals surface area contributed by atoms with Crippen LogP contribution >= 0.6 is 0 Å². The molecule has 1 aromatic carbocycles. The third-order valence-electron chi connectivity index (χ3n) is 3.02. The van der Waals surface area contributed by atoms with E-state index in [0.29, 0.717) is 36.7 Å². The summed E-state index contributed by atoms with van der Waals surface area (Å²) in [6.45, 7) is 3.73. The maximum absolute atomic E-state index is 12.3. The van der Waals surface area contributed by atoms with Gasteiger partial charge in [-0.2, -0.15) is 0 Å². The van der Waals surface area contributed by atoms with Gasteiger partial charge in [0.25, 0.3) is 5.91 Å². The number of methoxy groups -OCH3 is 1. The normalized spacial score (nSPS) is 19.7. The van der Waals surface area contributed by atoms with Crippen molar-refractivity contribution in [3.05, 3.63) is 23.8 Å². The first-order chi connectivity index (χ1) is 8.61. The van der Waals surface area contributed by atoms with Crippen molar-refractivity contribution in [1.82, 2.24) is 4.90 Å². The second-order valence-corrected chi connectivity index (χ2v) is 4.39. The fraction of sp³-hybridized carbons (Fsp3) is 0.462. The third kappa shape index (κ3) is 2.56. The first-order valence-electron chi connectivity index (χ1n) is 5.96. The Kier molecular flexibility index (Phi) is 3.72. The van der Waals surface area contributed by atoms with Gasteiger partial charge in [0.05, 0.1) is 25.4 Å². The number of carbonyl (C=O) groups excluding carboxylic acids is 1. The van der Waals surface area contributed by atoms with Gasteiger partial charge in [-0.25, -0.2) is 0 Å². The molecule has 18 heavy (non-hydrogen) atoms. The number of amides is 1. The Hall–Kier alpha value is -1.75. The Morgan fingerprint density at radius 2 is 2.33 bits per heavy atom. The van der Waals surface area contributed by atoms with Crippen LogP contribution in [0.15, 0.2) is 18.2 Å². The number of rotatable bonds is 2. The highest BCUT2D eigenvalue weighted by molar-refractivity contribution is 5.99. The molecular weight excluding hydrogens is 232 g/mol. The fourth-order valence-electron chi connectivity index (χ4n) is 2.04. The summed E-state index contributed by atoms with van der Waals surface area (Å²) in [5, 5.41) is 0. The van der Waals surface area contributed by atoms with Crippen molar-refractivity contribution in [3.63, 3.8) is 0 Å². The zero-order valence-electron chi connectivity index (χ0n) is 10.7. The average molecular weight is 250 g/mol. The van der Waals surface area contributed by atoms with Gasteiger partial charge in [0, 0.05) is 24.8 Å². The number of hydrogen-bond acceptors (Lipinski definition) is 4. The number of nitrogen functional groups attached to an aromatic ring is 1. The standard InChI is InChI=1S/C13H18N2O3/c1-9-8-15(5-6-18-9)13(16)11-4-3-10(17-2)7-12(11)14/h3-4,7,9H,5-6,8,14H2,1-2H3. The molecule has 1 aliphatic rings. The van der Waals surface area contributed by atoms with Crippen molar-refractivity contribution in [1.29, 1.82) is 0 Å². The molecule has 1 unspecified atom stereocenters. The molecule has 2 rings (SSSR count). The third-order valence-corrected chi connectivity index (χ3v) is 3.02. The van der Waals surface area contributed by atoms with Crippen LogP contribution in [0.1, 0.15) is 17.3 Å². The molecule has 1 atom stereocenters. The van der Waals surface area contributed by atoms with E-state index in [-0.39, 0.29) is 12.0 Å². The molecule has 0 bridgehead atoms. The molecule has 1 heterocycles. The Balaban J connectivity index is 2.17. The minimum absolute atomic E-state index is 0.0506. The van der Waals surface area contributed by atoms with E-state index in [1.807, 2.05) is 6.92 Å². The Morgan fingerprint density at radius 3 is 2.94 bits per heavy atom. The lowest BCUT2D eigenvalue weighted by Crippen LogP contribution is -2.44. The van der Waals surface area contributed by atoms with Crippen LogP contribution in [0.2, 0.25) is 0 Å². The van der Waals surface area contributed by atoms with Gasteiger partial charge >= 0.3 is 0 Å². The van der Waals surface area contributed by atoms with Gasteiger partial charge in [-0.1, -0.05) is 0 Å². The topological polar surface area (TPSA) is 64.8 Å². The van der Waals surface area contributed by atoms with Crippen LogP contribution in [0.25, 0.3) is 0 Å². The Labute approximate surface area is 106 Å². The molecule has 0 radical (unpaired) electrons. The minimum atomic E-state index is -0.0506. The summed E-state index contributed by atoms with van der Waals surface area (Å²) in [6, 6.07) is 5.11. The molecule has 1 fully saturated rings. The van der Waals surface area contributed by atoms with Crippen LogP contribution in [0, 0.1) is 0 Å². The van der Waals surface area contributed by atoms with Crippen molar-refractivity contribution in [2.24, 2.45) is 0 Å². The molecule has 98 valence electrons. The molecule has 0 spiro atoms. The van der Waals surface area contributed by atoms with E-state index in [1.165, 1.54) is 0 Å². The highest BCUT2D eigenvalue weighted by Gasteiger charge is 2.23. The van der Waals surface area contributed by atoms with Gasteiger partial charge in [-0.15, -0.1) is 0 Å². The molecule has 2 N–H and O–H groups in total. The molecule has 0 aromatic heterocycles. The number of carbonyl (C=O) groups is 1. The van der Waals surface area contributed by atoms with Gasteiger partial charge < -0.3 is 20.1 Å². The minimum Gasteiger partial charge on any atom is -0.497 e. The van der Waals surface area contributed by atoms with Crippen LogP contribution in [-0.2, 0) is 4.74 Å². The summed E-state index contributed by atoms with van der Waals surface area (Å²) in [5.74, 6) is 0.602. The largest absolute Gasteiger partial charge is 0.497 e. The first kappa shape index (κ1) is 12.7. The predicted molar refractivity (Wildman–Crippen MR) is 68.7 cm³/mol. The summed E-state index contributed by atoms with van der Waals surface area (Å²) in [5.41, 5.74) is 6.84. The monoisotopic (exact) mass is 250 g/mol. The average Bonchev–Trinajstić information content (AvgIpc) is 2.37. The summed E-state index contributed by atoms with van der Waals surface area (Å²) in [4.78, 5) is 14.1. The van der Waals surface area contributed by atoms with E-state index in [0.717, 1.165) is 0 Å². The van der Waals surface area contributed by atoms with Gasteiger partial charge in [0.1, 0.15) is 5.75 Å². The van der Waals surface area contributed by atoms with E-state index in [1.54, 1.807) is 30.2 Å². The van der Waals surface area contributed by atoms with E-state index in [9.17, 15) is 4.79 Å². The SMILES string of the molecule is COc1ccc(C(=O)N2CCOC(C)C2)c(N)c1. The van der Waals surface area contributed by atoms with Crippen LogP contribution in [-0.4, -0.2) is 43.7 Å². The lowest BCUT2D eigenvalue weighted by Gasteiger charge is -2.31. The van der Waals surface area contributed by atoms with Gasteiger partial charge in [0.15, 0.2) is 0 Å². The van der Waals surface area contributed by atoms with E-state index in [2.05, 4.69) is 0 Å². The molecule has 5 nitrogen and oxygen atoms in total. The first-order valence-corrected chi connectivity index (χ1v) is 5.96. The van der Waals surface area contributed by atoms with Crippen molar-refractivity contribution in [2.75, 3.05) is 32.5 Å². The second kappa shape index (κ2) is 5.27.